The molecule has 2 aromatic rings. The van der Waals surface area contributed by atoms with Crippen LogP contribution in [0, 0.1) is 5.82 Å². The van der Waals surface area contributed by atoms with Gasteiger partial charge in [0.2, 0.25) is 0 Å². The second-order valence-corrected chi connectivity index (χ2v) is 7.56. The van der Waals surface area contributed by atoms with Crippen LogP contribution in [0.25, 0.3) is 0 Å². The highest BCUT2D eigenvalue weighted by Gasteiger charge is 2.38. The minimum atomic E-state index is -0.374. The number of amides is 1. The summed E-state index contributed by atoms with van der Waals surface area (Å²) in [4.78, 5) is 25.8. The quantitative estimate of drug-likeness (QED) is 0.822. The zero-order valence-corrected chi connectivity index (χ0v) is 15.7. The molecule has 0 saturated carbocycles. The summed E-state index contributed by atoms with van der Waals surface area (Å²) in [5.41, 5.74) is 4.38. The Morgan fingerprint density at radius 1 is 1.22 bits per heavy atom. The van der Waals surface area contributed by atoms with Gasteiger partial charge in [-0.2, -0.15) is 11.3 Å². The smallest absolute Gasteiger partial charge is 0.254 e. The Bertz CT molecular complexity index is 959. The van der Waals surface area contributed by atoms with E-state index in [9.17, 15) is 14.0 Å². The molecule has 27 heavy (non-hydrogen) atoms. The maximum atomic E-state index is 13.1. The Kier molecular flexibility index (Phi) is 4.66. The van der Waals surface area contributed by atoms with Gasteiger partial charge in [0, 0.05) is 40.6 Å². The number of benzene rings is 1. The maximum Gasteiger partial charge on any atom is 0.254 e. The molecule has 0 radical (unpaired) electrons. The highest BCUT2D eigenvalue weighted by atomic mass is 32.1. The summed E-state index contributed by atoms with van der Waals surface area (Å²) >= 11 is 1.54. The van der Waals surface area contributed by atoms with E-state index in [-0.39, 0.29) is 23.4 Å². The zero-order valence-electron chi connectivity index (χ0n) is 14.8. The summed E-state index contributed by atoms with van der Waals surface area (Å²) in [6.07, 6.45) is 2.14. The topological polar surface area (TPSA) is 58.2 Å². The van der Waals surface area contributed by atoms with E-state index in [0.717, 1.165) is 29.8 Å². The molecular formula is C21H19FN2O2S. The van der Waals surface area contributed by atoms with Crippen LogP contribution in [0.2, 0.25) is 0 Å². The van der Waals surface area contributed by atoms with Crippen LogP contribution in [-0.2, 0) is 9.59 Å². The number of halogens is 1. The number of Topliss-reactive ketones (excluding diaryl/α,β-unsaturated/α-hetero) is 1. The van der Waals surface area contributed by atoms with Crippen molar-refractivity contribution in [1.82, 2.24) is 5.32 Å². The lowest BCUT2D eigenvalue weighted by atomic mass is 9.75. The predicted molar refractivity (Wildman–Crippen MR) is 104 cm³/mol. The number of ketones is 1. The highest BCUT2D eigenvalue weighted by molar-refractivity contribution is 7.08. The number of carbonyl (C=O) groups is 2. The molecule has 1 aliphatic carbocycles. The highest BCUT2D eigenvalue weighted by Crippen LogP contribution is 2.42. The van der Waals surface area contributed by atoms with E-state index in [4.69, 9.17) is 0 Å². The number of thiophene rings is 1. The molecule has 2 N–H and O–H groups in total. The van der Waals surface area contributed by atoms with E-state index in [1.807, 2.05) is 23.8 Å². The number of rotatable bonds is 3. The summed E-state index contributed by atoms with van der Waals surface area (Å²) in [6, 6.07) is 7.62. The van der Waals surface area contributed by atoms with Crippen molar-refractivity contribution in [3.05, 3.63) is 75.0 Å². The predicted octanol–water partition coefficient (Wildman–Crippen LogP) is 4.49. The summed E-state index contributed by atoms with van der Waals surface area (Å²) in [7, 11) is 0. The normalized spacial score (nSPS) is 19.6. The molecular weight excluding hydrogens is 363 g/mol. The molecule has 0 spiro atoms. The Balaban J connectivity index is 1.74. The zero-order chi connectivity index (χ0) is 19.0. The molecule has 1 atom stereocenters. The van der Waals surface area contributed by atoms with Crippen molar-refractivity contribution in [2.24, 2.45) is 0 Å². The first kappa shape index (κ1) is 17.7. The second-order valence-electron chi connectivity index (χ2n) is 6.78. The molecule has 2 heterocycles. The number of carbonyl (C=O) groups excluding carboxylic acids is 2. The van der Waals surface area contributed by atoms with E-state index >= 15 is 0 Å². The van der Waals surface area contributed by atoms with E-state index in [1.165, 1.54) is 24.3 Å². The Hall–Kier alpha value is -2.73. The second kappa shape index (κ2) is 7.12. The molecule has 1 amide bonds. The van der Waals surface area contributed by atoms with Crippen molar-refractivity contribution in [3.63, 3.8) is 0 Å². The number of anilines is 1. The number of allylic oxidation sites excluding steroid dienone is 3. The van der Waals surface area contributed by atoms with Crippen LogP contribution in [0.4, 0.5) is 10.1 Å². The fraction of sp³-hybridized carbons (Fsp3) is 0.238. The van der Waals surface area contributed by atoms with Gasteiger partial charge in [-0.1, -0.05) is 0 Å². The van der Waals surface area contributed by atoms with Crippen molar-refractivity contribution < 1.29 is 14.0 Å². The third kappa shape index (κ3) is 3.32. The fourth-order valence-corrected chi connectivity index (χ4v) is 4.47. The van der Waals surface area contributed by atoms with Gasteiger partial charge >= 0.3 is 0 Å². The third-order valence-electron chi connectivity index (χ3n) is 5.00. The van der Waals surface area contributed by atoms with Gasteiger partial charge < -0.3 is 10.6 Å². The average Bonchev–Trinajstić information content (AvgIpc) is 3.17. The van der Waals surface area contributed by atoms with Crippen molar-refractivity contribution in [3.8, 4) is 0 Å². The van der Waals surface area contributed by atoms with Gasteiger partial charge in [0.25, 0.3) is 5.91 Å². The van der Waals surface area contributed by atoms with Crippen LogP contribution < -0.4 is 10.6 Å². The van der Waals surface area contributed by atoms with E-state index in [1.54, 1.807) is 11.3 Å². The van der Waals surface area contributed by atoms with E-state index < -0.39 is 0 Å². The Morgan fingerprint density at radius 2 is 2.00 bits per heavy atom. The van der Waals surface area contributed by atoms with Crippen molar-refractivity contribution in [2.75, 3.05) is 5.32 Å². The molecule has 1 unspecified atom stereocenters. The van der Waals surface area contributed by atoms with E-state index in [0.29, 0.717) is 23.3 Å². The van der Waals surface area contributed by atoms with Crippen LogP contribution in [0.3, 0.4) is 0 Å². The molecule has 0 fully saturated rings. The molecule has 138 valence electrons. The molecule has 4 rings (SSSR count). The minimum Gasteiger partial charge on any atom is -0.362 e. The fourth-order valence-electron chi connectivity index (χ4n) is 3.79. The van der Waals surface area contributed by atoms with Crippen molar-refractivity contribution >= 4 is 28.7 Å². The standard InChI is InChI=1S/C21H19FN2O2S/c1-12-18(21(26)24-15-7-5-14(22)6-8-15)19(13-9-10-27-11-13)20-16(23-12)3-2-4-17(20)25/h5-11,19,23H,2-4H2,1H3,(H,24,26). The lowest BCUT2D eigenvalue weighted by molar-refractivity contribution is -0.116. The van der Waals surface area contributed by atoms with Crippen LogP contribution in [0.15, 0.2) is 63.6 Å². The SMILES string of the molecule is CC1=C(C(=O)Nc2ccc(F)cc2)C(c2ccsc2)C2=C(CCCC2=O)N1. The number of nitrogens with one attached hydrogen (secondary N) is 2. The van der Waals surface area contributed by atoms with Crippen LogP contribution >= 0.6 is 11.3 Å². The first-order chi connectivity index (χ1) is 13.0. The largest absolute Gasteiger partial charge is 0.362 e. The molecule has 2 aliphatic rings. The van der Waals surface area contributed by atoms with Gasteiger partial charge in [-0.15, -0.1) is 0 Å². The van der Waals surface area contributed by atoms with Crippen molar-refractivity contribution in [1.29, 1.82) is 0 Å². The molecule has 0 bridgehead atoms. The lowest BCUT2D eigenvalue weighted by Gasteiger charge is -2.34. The van der Waals surface area contributed by atoms with Gasteiger partial charge in [-0.25, -0.2) is 4.39 Å². The van der Waals surface area contributed by atoms with Gasteiger partial charge in [-0.05, 0) is 66.4 Å². The molecule has 1 aliphatic heterocycles. The van der Waals surface area contributed by atoms with Gasteiger partial charge in [-0.3, -0.25) is 9.59 Å². The Labute approximate surface area is 160 Å². The van der Waals surface area contributed by atoms with Gasteiger partial charge in [0.1, 0.15) is 5.82 Å². The summed E-state index contributed by atoms with van der Waals surface area (Å²) in [5.74, 6) is -0.922. The van der Waals surface area contributed by atoms with Gasteiger partial charge in [0.15, 0.2) is 5.78 Å². The molecule has 0 saturated heterocycles. The van der Waals surface area contributed by atoms with Crippen LogP contribution in [-0.4, -0.2) is 11.7 Å². The minimum absolute atomic E-state index is 0.0968. The number of hydrogen-bond acceptors (Lipinski definition) is 4. The molecule has 6 heteroatoms. The van der Waals surface area contributed by atoms with Crippen LogP contribution in [0.5, 0.6) is 0 Å². The summed E-state index contributed by atoms with van der Waals surface area (Å²) < 4.78 is 13.1. The van der Waals surface area contributed by atoms with E-state index in [2.05, 4.69) is 10.6 Å². The summed E-state index contributed by atoms with van der Waals surface area (Å²) in [6.45, 7) is 1.86. The molecule has 4 nitrogen and oxygen atoms in total. The lowest BCUT2D eigenvalue weighted by Crippen LogP contribution is -2.35. The first-order valence-corrected chi connectivity index (χ1v) is 9.82. The van der Waals surface area contributed by atoms with Crippen molar-refractivity contribution in [2.45, 2.75) is 32.1 Å². The van der Waals surface area contributed by atoms with Gasteiger partial charge in [0.05, 0.1) is 0 Å². The summed E-state index contributed by atoms with van der Waals surface area (Å²) in [5, 5.41) is 10.1. The molecule has 1 aromatic heterocycles. The average molecular weight is 382 g/mol. The monoisotopic (exact) mass is 382 g/mol. The number of dihydropyridines is 1. The van der Waals surface area contributed by atoms with Crippen LogP contribution in [0.1, 0.15) is 37.7 Å². The molecule has 1 aromatic carbocycles. The third-order valence-corrected chi connectivity index (χ3v) is 5.70. The number of hydrogen-bond donors (Lipinski definition) is 2. The first-order valence-electron chi connectivity index (χ1n) is 8.87. The maximum absolute atomic E-state index is 13.1. The Morgan fingerprint density at radius 3 is 2.70 bits per heavy atom.